The molecule has 0 bridgehead atoms. The highest BCUT2D eigenvalue weighted by atomic mass is 35.5. The summed E-state index contributed by atoms with van der Waals surface area (Å²) in [5.41, 5.74) is -0.509. The molecular weight excluding hydrogens is 266 g/mol. The number of carbonyl (C=O) groups excluding carboxylic acids is 2. The van der Waals surface area contributed by atoms with E-state index in [1.54, 1.807) is 0 Å². The first-order valence-electron chi connectivity index (χ1n) is 6.95. The molecule has 2 heterocycles. The summed E-state index contributed by atoms with van der Waals surface area (Å²) in [5, 5.41) is 9.02. The van der Waals surface area contributed by atoms with Gasteiger partial charge < -0.3 is 16.0 Å². The summed E-state index contributed by atoms with van der Waals surface area (Å²) in [6, 6.07) is -0.361. The van der Waals surface area contributed by atoms with Crippen LogP contribution in [0.5, 0.6) is 0 Å². The summed E-state index contributed by atoms with van der Waals surface area (Å²) in [6.07, 6.45) is 5.74. The molecule has 2 saturated heterocycles. The van der Waals surface area contributed by atoms with Crippen LogP contribution in [0.15, 0.2) is 0 Å². The summed E-state index contributed by atoms with van der Waals surface area (Å²) in [4.78, 5) is 24.1. The number of hydrogen-bond donors (Lipinski definition) is 3. The van der Waals surface area contributed by atoms with E-state index in [0.29, 0.717) is 0 Å². The standard InChI is InChI=1S/C13H23N3O2.ClH/c1-13(7-3-5-9-15-13)12(18)16-10-6-2-4-8-14-11(10)17;/h10,15H,2-9H2,1H3,(H,14,17)(H,16,18);1H. The predicted molar refractivity (Wildman–Crippen MR) is 76.3 cm³/mol. The van der Waals surface area contributed by atoms with E-state index in [1.807, 2.05) is 6.92 Å². The van der Waals surface area contributed by atoms with Crippen LogP contribution in [0.25, 0.3) is 0 Å². The molecule has 0 aliphatic carbocycles. The Balaban J connectivity index is 0.00000180. The lowest BCUT2D eigenvalue weighted by atomic mass is 9.89. The van der Waals surface area contributed by atoms with Gasteiger partial charge in [-0.15, -0.1) is 12.4 Å². The molecule has 0 aromatic carbocycles. The minimum absolute atomic E-state index is 0. The molecule has 2 fully saturated rings. The van der Waals surface area contributed by atoms with Gasteiger partial charge >= 0.3 is 0 Å². The number of hydrogen-bond acceptors (Lipinski definition) is 3. The number of nitrogens with one attached hydrogen (secondary N) is 3. The minimum atomic E-state index is -0.509. The van der Waals surface area contributed by atoms with Crippen molar-refractivity contribution in [3.05, 3.63) is 0 Å². The van der Waals surface area contributed by atoms with Gasteiger partial charge in [-0.25, -0.2) is 0 Å². The van der Waals surface area contributed by atoms with E-state index >= 15 is 0 Å². The highest BCUT2D eigenvalue weighted by Crippen LogP contribution is 2.19. The van der Waals surface area contributed by atoms with Gasteiger partial charge in [0.25, 0.3) is 0 Å². The fourth-order valence-corrected chi connectivity index (χ4v) is 2.64. The van der Waals surface area contributed by atoms with Crippen LogP contribution in [-0.2, 0) is 9.59 Å². The maximum absolute atomic E-state index is 12.3. The van der Waals surface area contributed by atoms with E-state index < -0.39 is 5.54 Å². The lowest BCUT2D eigenvalue weighted by molar-refractivity contribution is -0.133. The normalized spacial score (nSPS) is 31.6. The van der Waals surface area contributed by atoms with Crippen LogP contribution in [0.1, 0.15) is 45.4 Å². The summed E-state index contributed by atoms with van der Waals surface area (Å²) in [5.74, 6) is -0.0792. The number of piperidine rings is 1. The Bertz CT molecular complexity index is 330. The second kappa shape index (κ2) is 7.10. The van der Waals surface area contributed by atoms with Crippen molar-refractivity contribution in [2.45, 2.75) is 57.0 Å². The maximum atomic E-state index is 12.3. The number of halogens is 1. The molecule has 19 heavy (non-hydrogen) atoms. The minimum Gasteiger partial charge on any atom is -0.354 e. The Labute approximate surface area is 120 Å². The largest absolute Gasteiger partial charge is 0.354 e. The fourth-order valence-electron chi connectivity index (χ4n) is 2.64. The van der Waals surface area contributed by atoms with Crippen LogP contribution in [-0.4, -0.2) is 36.5 Å². The Morgan fingerprint density at radius 1 is 1.26 bits per heavy atom. The van der Waals surface area contributed by atoms with Crippen molar-refractivity contribution in [2.75, 3.05) is 13.1 Å². The lowest BCUT2D eigenvalue weighted by Crippen LogP contribution is -2.60. The zero-order valence-corrected chi connectivity index (χ0v) is 12.3. The molecule has 6 heteroatoms. The first kappa shape index (κ1) is 16.2. The van der Waals surface area contributed by atoms with Crippen molar-refractivity contribution in [1.29, 1.82) is 0 Å². The zero-order chi connectivity index (χ0) is 13.0. The highest BCUT2D eigenvalue weighted by Gasteiger charge is 2.36. The molecule has 2 aliphatic rings. The van der Waals surface area contributed by atoms with Crippen LogP contribution in [0, 0.1) is 0 Å². The Hall–Kier alpha value is -0.810. The van der Waals surface area contributed by atoms with Crippen molar-refractivity contribution >= 4 is 24.2 Å². The Morgan fingerprint density at radius 3 is 2.68 bits per heavy atom. The van der Waals surface area contributed by atoms with Crippen LogP contribution < -0.4 is 16.0 Å². The second-order valence-corrected chi connectivity index (χ2v) is 5.53. The van der Waals surface area contributed by atoms with Crippen LogP contribution in [0.4, 0.5) is 0 Å². The summed E-state index contributed by atoms with van der Waals surface area (Å²) < 4.78 is 0. The van der Waals surface area contributed by atoms with Gasteiger partial charge in [0, 0.05) is 6.54 Å². The van der Waals surface area contributed by atoms with E-state index in [-0.39, 0.29) is 30.3 Å². The smallest absolute Gasteiger partial charge is 0.242 e. The second-order valence-electron chi connectivity index (χ2n) is 5.53. The van der Waals surface area contributed by atoms with E-state index in [0.717, 1.165) is 51.6 Å². The van der Waals surface area contributed by atoms with Crippen LogP contribution >= 0.6 is 12.4 Å². The summed E-state index contributed by atoms with van der Waals surface area (Å²) in [6.45, 7) is 3.53. The fraction of sp³-hybridized carbons (Fsp3) is 0.846. The summed E-state index contributed by atoms with van der Waals surface area (Å²) in [7, 11) is 0. The van der Waals surface area contributed by atoms with Crippen molar-refractivity contribution in [3.8, 4) is 0 Å². The number of rotatable bonds is 2. The third kappa shape index (κ3) is 4.08. The average molecular weight is 290 g/mol. The molecular formula is C13H24ClN3O2. The number of carbonyl (C=O) groups is 2. The lowest BCUT2D eigenvalue weighted by Gasteiger charge is -2.34. The maximum Gasteiger partial charge on any atom is 0.242 e. The van der Waals surface area contributed by atoms with Crippen LogP contribution in [0.3, 0.4) is 0 Å². The van der Waals surface area contributed by atoms with Gasteiger partial charge in [0.05, 0.1) is 5.54 Å². The zero-order valence-electron chi connectivity index (χ0n) is 11.5. The van der Waals surface area contributed by atoms with Gasteiger partial charge in [0.2, 0.25) is 11.8 Å². The van der Waals surface area contributed by atoms with Gasteiger partial charge in [0.15, 0.2) is 0 Å². The Kier molecular flexibility index (Phi) is 6.07. The predicted octanol–water partition coefficient (Wildman–Crippen LogP) is 0.725. The van der Waals surface area contributed by atoms with Crippen molar-refractivity contribution in [3.63, 3.8) is 0 Å². The summed E-state index contributed by atoms with van der Waals surface area (Å²) >= 11 is 0. The SMILES string of the molecule is CC1(C(=O)NC2CCCCNC2=O)CCCCN1.Cl. The van der Waals surface area contributed by atoms with E-state index in [4.69, 9.17) is 0 Å². The molecule has 110 valence electrons. The molecule has 0 aromatic rings. The molecule has 2 unspecified atom stereocenters. The molecule has 3 N–H and O–H groups in total. The number of amides is 2. The molecule has 2 amide bonds. The van der Waals surface area contributed by atoms with Crippen molar-refractivity contribution < 1.29 is 9.59 Å². The van der Waals surface area contributed by atoms with Gasteiger partial charge in [-0.1, -0.05) is 0 Å². The molecule has 5 nitrogen and oxygen atoms in total. The monoisotopic (exact) mass is 289 g/mol. The van der Waals surface area contributed by atoms with Gasteiger partial charge in [-0.3, -0.25) is 9.59 Å². The highest BCUT2D eigenvalue weighted by molar-refractivity contribution is 5.92. The first-order chi connectivity index (χ1) is 8.62. The molecule has 0 saturated carbocycles. The molecule has 2 aliphatic heterocycles. The van der Waals surface area contributed by atoms with Gasteiger partial charge in [-0.05, 0) is 52.0 Å². The molecule has 0 spiro atoms. The quantitative estimate of drug-likeness (QED) is 0.702. The molecule has 2 rings (SSSR count). The topological polar surface area (TPSA) is 70.2 Å². The van der Waals surface area contributed by atoms with E-state index in [9.17, 15) is 9.59 Å². The molecule has 2 atom stereocenters. The van der Waals surface area contributed by atoms with Gasteiger partial charge in [-0.2, -0.15) is 0 Å². The molecule has 0 radical (unpaired) electrons. The van der Waals surface area contributed by atoms with Gasteiger partial charge in [0.1, 0.15) is 6.04 Å². The van der Waals surface area contributed by atoms with Crippen molar-refractivity contribution in [1.82, 2.24) is 16.0 Å². The third-order valence-electron chi connectivity index (χ3n) is 3.96. The third-order valence-corrected chi connectivity index (χ3v) is 3.96. The van der Waals surface area contributed by atoms with E-state index in [1.165, 1.54) is 0 Å². The first-order valence-corrected chi connectivity index (χ1v) is 6.95. The van der Waals surface area contributed by atoms with Crippen LogP contribution in [0.2, 0.25) is 0 Å². The van der Waals surface area contributed by atoms with E-state index in [2.05, 4.69) is 16.0 Å². The average Bonchev–Trinajstić information content (AvgIpc) is 2.56. The molecule has 0 aromatic heterocycles. The van der Waals surface area contributed by atoms with Crippen molar-refractivity contribution in [2.24, 2.45) is 0 Å². The Morgan fingerprint density at radius 2 is 2.00 bits per heavy atom.